The topological polar surface area (TPSA) is 38.9 Å². The van der Waals surface area contributed by atoms with E-state index in [0.717, 1.165) is 12.1 Å². The minimum absolute atomic E-state index is 0.268. The maximum Gasteiger partial charge on any atom is 0.416 e. The van der Waals surface area contributed by atoms with E-state index in [1.807, 2.05) is 0 Å². The predicted molar refractivity (Wildman–Crippen MR) is 71.7 cm³/mol. The van der Waals surface area contributed by atoms with Gasteiger partial charge in [0.1, 0.15) is 0 Å². The molecular formula is C13H9Cl2F3N2. The van der Waals surface area contributed by atoms with Crippen LogP contribution in [-0.4, -0.2) is 4.98 Å². The molecule has 0 amide bonds. The number of rotatable bonds is 2. The van der Waals surface area contributed by atoms with Crippen LogP contribution < -0.4 is 5.73 Å². The normalized spacial score (nSPS) is 13.3. The lowest BCUT2D eigenvalue weighted by atomic mass is 10.0. The lowest BCUT2D eigenvalue weighted by Crippen LogP contribution is -2.14. The molecule has 0 spiro atoms. The largest absolute Gasteiger partial charge is 0.416 e. The van der Waals surface area contributed by atoms with E-state index < -0.39 is 17.8 Å². The maximum atomic E-state index is 12.5. The van der Waals surface area contributed by atoms with Crippen molar-refractivity contribution < 1.29 is 13.2 Å². The van der Waals surface area contributed by atoms with E-state index in [4.69, 9.17) is 28.9 Å². The Morgan fingerprint density at radius 2 is 1.70 bits per heavy atom. The molecule has 2 rings (SSSR count). The highest BCUT2D eigenvalue weighted by molar-refractivity contribution is 6.34. The maximum absolute atomic E-state index is 12.5. The standard InChI is InChI=1S/C13H9Cl2F3N2/c14-9-5-10(15)12(20-6-9)11(19)7-1-3-8(4-2-7)13(16,17)18/h1-6,11H,19H2. The fourth-order valence-electron chi connectivity index (χ4n) is 1.69. The van der Waals surface area contributed by atoms with Gasteiger partial charge in [0, 0.05) is 6.20 Å². The first-order valence-corrected chi connectivity index (χ1v) is 6.28. The van der Waals surface area contributed by atoms with Crippen LogP contribution in [0.3, 0.4) is 0 Å². The zero-order valence-electron chi connectivity index (χ0n) is 9.96. The molecule has 1 unspecified atom stereocenters. The van der Waals surface area contributed by atoms with Crippen LogP contribution in [0.2, 0.25) is 10.0 Å². The van der Waals surface area contributed by atoms with E-state index in [0.29, 0.717) is 16.3 Å². The summed E-state index contributed by atoms with van der Waals surface area (Å²) in [7, 11) is 0. The van der Waals surface area contributed by atoms with E-state index in [1.165, 1.54) is 24.4 Å². The van der Waals surface area contributed by atoms with Crippen LogP contribution in [0.15, 0.2) is 36.5 Å². The zero-order valence-corrected chi connectivity index (χ0v) is 11.5. The highest BCUT2D eigenvalue weighted by Crippen LogP contribution is 2.31. The molecular weight excluding hydrogens is 312 g/mol. The number of nitrogens with two attached hydrogens (primary N) is 1. The minimum atomic E-state index is -4.38. The number of nitrogens with zero attached hydrogens (tertiary/aromatic N) is 1. The van der Waals surface area contributed by atoms with Gasteiger partial charge in [-0.1, -0.05) is 35.3 Å². The molecule has 0 saturated heterocycles. The van der Waals surface area contributed by atoms with Gasteiger partial charge in [-0.25, -0.2) is 0 Å². The van der Waals surface area contributed by atoms with Crippen LogP contribution in [0.25, 0.3) is 0 Å². The average molecular weight is 321 g/mol. The monoisotopic (exact) mass is 320 g/mol. The number of pyridine rings is 1. The molecule has 2 aromatic rings. The van der Waals surface area contributed by atoms with E-state index in [2.05, 4.69) is 4.98 Å². The number of aromatic nitrogens is 1. The van der Waals surface area contributed by atoms with Crippen molar-refractivity contribution in [3.8, 4) is 0 Å². The first-order valence-electron chi connectivity index (χ1n) is 5.52. The fraction of sp³-hybridized carbons (Fsp3) is 0.154. The molecule has 0 aliphatic carbocycles. The molecule has 0 radical (unpaired) electrons. The van der Waals surface area contributed by atoms with Crippen molar-refractivity contribution in [1.82, 2.24) is 4.98 Å². The molecule has 1 aromatic heterocycles. The van der Waals surface area contributed by atoms with Crippen LogP contribution in [-0.2, 0) is 6.18 Å². The Morgan fingerprint density at radius 3 is 2.20 bits per heavy atom. The van der Waals surface area contributed by atoms with E-state index >= 15 is 0 Å². The van der Waals surface area contributed by atoms with Crippen molar-refractivity contribution in [3.05, 3.63) is 63.4 Å². The van der Waals surface area contributed by atoms with Gasteiger partial charge < -0.3 is 5.73 Å². The molecule has 7 heteroatoms. The second-order valence-electron chi connectivity index (χ2n) is 4.12. The Labute approximate surface area is 123 Å². The second kappa shape index (κ2) is 5.60. The lowest BCUT2D eigenvalue weighted by Gasteiger charge is -2.14. The summed E-state index contributed by atoms with van der Waals surface area (Å²) >= 11 is 11.7. The summed E-state index contributed by atoms with van der Waals surface area (Å²) in [5.41, 5.74) is 6.06. The molecule has 0 aliphatic rings. The minimum Gasteiger partial charge on any atom is -0.319 e. The molecule has 1 aromatic carbocycles. The van der Waals surface area contributed by atoms with Crippen molar-refractivity contribution in [1.29, 1.82) is 0 Å². The fourth-order valence-corrected chi connectivity index (χ4v) is 2.19. The van der Waals surface area contributed by atoms with Crippen LogP contribution in [0, 0.1) is 0 Å². The lowest BCUT2D eigenvalue weighted by molar-refractivity contribution is -0.137. The first kappa shape index (κ1) is 15.1. The van der Waals surface area contributed by atoms with E-state index in [1.54, 1.807) is 0 Å². The summed E-state index contributed by atoms with van der Waals surface area (Å²) in [6.07, 6.45) is -2.99. The molecule has 0 bridgehead atoms. The zero-order chi connectivity index (χ0) is 14.9. The van der Waals surface area contributed by atoms with Crippen LogP contribution in [0.5, 0.6) is 0 Å². The third-order valence-electron chi connectivity index (χ3n) is 2.73. The molecule has 0 saturated carbocycles. The number of hydrogen-bond donors (Lipinski definition) is 1. The van der Waals surface area contributed by atoms with Gasteiger partial charge in [-0.05, 0) is 23.8 Å². The molecule has 0 aliphatic heterocycles. The predicted octanol–water partition coefficient (Wildman–Crippen LogP) is 4.46. The molecule has 1 atom stereocenters. The number of hydrogen-bond acceptors (Lipinski definition) is 2. The SMILES string of the molecule is NC(c1ccc(C(F)(F)F)cc1)c1ncc(Cl)cc1Cl. The van der Waals surface area contributed by atoms with Crippen LogP contribution in [0.1, 0.15) is 22.9 Å². The highest BCUT2D eigenvalue weighted by atomic mass is 35.5. The number of halogens is 5. The number of benzene rings is 1. The highest BCUT2D eigenvalue weighted by Gasteiger charge is 2.30. The van der Waals surface area contributed by atoms with Crippen molar-refractivity contribution in [2.24, 2.45) is 5.73 Å². The van der Waals surface area contributed by atoms with Gasteiger partial charge in [-0.3, -0.25) is 4.98 Å². The summed E-state index contributed by atoms with van der Waals surface area (Å²) in [6.45, 7) is 0. The molecule has 2 nitrogen and oxygen atoms in total. The van der Waals surface area contributed by atoms with Gasteiger partial charge in [0.25, 0.3) is 0 Å². The second-order valence-corrected chi connectivity index (χ2v) is 4.96. The van der Waals surface area contributed by atoms with E-state index in [-0.39, 0.29) is 5.02 Å². The quantitative estimate of drug-likeness (QED) is 0.887. The van der Waals surface area contributed by atoms with Gasteiger partial charge in [-0.2, -0.15) is 13.2 Å². The summed E-state index contributed by atoms with van der Waals surface area (Å²) in [4.78, 5) is 4.01. The Kier molecular flexibility index (Phi) is 4.22. The van der Waals surface area contributed by atoms with Crippen LogP contribution in [0.4, 0.5) is 13.2 Å². The van der Waals surface area contributed by atoms with Crippen LogP contribution >= 0.6 is 23.2 Å². The Bertz CT molecular complexity index is 612. The van der Waals surface area contributed by atoms with Gasteiger partial charge in [0.05, 0.1) is 27.3 Å². The molecule has 20 heavy (non-hydrogen) atoms. The molecule has 0 fully saturated rings. The van der Waals surface area contributed by atoms with Gasteiger partial charge in [0.2, 0.25) is 0 Å². The third-order valence-corrected chi connectivity index (χ3v) is 3.24. The Balaban J connectivity index is 2.31. The summed E-state index contributed by atoms with van der Waals surface area (Å²) in [5, 5.41) is 0.628. The smallest absolute Gasteiger partial charge is 0.319 e. The third kappa shape index (κ3) is 3.23. The Hall–Kier alpha value is -1.30. The average Bonchev–Trinajstić information content (AvgIpc) is 2.37. The van der Waals surface area contributed by atoms with Gasteiger partial charge in [0.15, 0.2) is 0 Å². The molecule has 2 N–H and O–H groups in total. The van der Waals surface area contributed by atoms with Crippen molar-refractivity contribution in [3.63, 3.8) is 0 Å². The summed E-state index contributed by atoms with van der Waals surface area (Å²) in [6, 6.07) is 5.32. The number of alkyl halides is 3. The first-order chi connectivity index (χ1) is 9.29. The van der Waals surface area contributed by atoms with Crippen molar-refractivity contribution in [2.75, 3.05) is 0 Å². The Morgan fingerprint density at radius 1 is 1.10 bits per heavy atom. The van der Waals surface area contributed by atoms with Crippen molar-refractivity contribution >= 4 is 23.2 Å². The summed E-state index contributed by atoms with van der Waals surface area (Å²) in [5.74, 6) is 0. The van der Waals surface area contributed by atoms with Gasteiger partial charge in [-0.15, -0.1) is 0 Å². The van der Waals surface area contributed by atoms with Crippen molar-refractivity contribution in [2.45, 2.75) is 12.2 Å². The van der Waals surface area contributed by atoms with E-state index in [9.17, 15) is 13.2 Å². The van der Waals surface area contributed by atoms with Gasteiger partial charge >= 0.3 is 6.18 Å². The summed E-state index contributed by atoms with van der Waals surface area (Å²) < 4.78 is 37.4. The molecule has 106 valence electrons. The molecule has 1 heterocycles.